The van der Waals surface area contributed by atoms with Crippen LogP contribution in [0.15, 0.2) is 30.5 Å². The molecule has 1 aromatic heterocycles. The Kier molecular flexibility index (Phi) is 0.947. The van der Waals surface area contributed by atoms with E-state index in [1.807, 2.05) is 24.3 Å². The van der Waals surface area contributed by atoms with Gasteiger partial charge in [-0.2, -0.15) is 4.73 Å². The van der Waals surface area contributed by atoms with Gasteiger partial charge in [0, 0.05) is 11.6 Å². The second kappa shape index (κ2) is 1.77. The molecule has 0 unspecified atom stereocenters. The molecule has 0 amide bonds. The molecule has 0 saturated heterocycles. The van der Waals surface area contributed by atoms with Crippen LogP contribution in [0.2, 0.25) is 0 Å². The molecule has 0 bridgehead atoms. The molecule has 0 aliphatic rings. The monoisotopic (exact) mass is 132 g/mol. The van der Waals surface area contributed by atoms with Crippen LogP contribution in [0.3, 0.4) is 0 Å². The van der Waals surface area contributed by atoms with Crippen LogP contribution in [0.5, 0.6) is 0 Å². The molecule has 2 rings (SSSR count). The first-order valence-electron chi connectivity index (χ1n) is 3.05. The lowest BCUT2D eigenvalue weighted by atomic mass is 10.3. The number of nitrogens with zero attached hydrogens (tertiary/aromatic N) is 1. The molecule has 2 aromatic rings. The number of hydrogen-bond acceptors (Lipinski definition) is 1. The van der Waals surface area contributed by atoms with Gasteiger partial charge in [0.2, 0.25) is 0 Å². The molecule has 1 aromatic carbocycles. The second-order valence-corrected chi connectivity index (χ2v) is 2.13. The Balaban J connectivity index is 2.93. The summed E-state index contributed by atoms with van der Waals surface area (Å²) >= 11 is 0. The third-order valence-corrected chi connectivity index (χ3v) is 1.49. The van der Waals surface area contributed by atoms with E-state index in [0.29, 0.717) is 0 Å². The summed E-state index contributed by atoms with van der Waals surface area (Å²) < 4.78 is 1.09. The Bertz CT molecular complexity index is 351. The van der Waals surface area contributed by atoms with Crippen LogP contribution >= 0.6 is 0 Å². The zero-order valence-corrected chi connectivity index (χ0v) is 5.28. The molecule has 2 heteroatoms. The number of fused-ring (bicyclic) bond motifs is 1. The number of hydrogen-bond donors (Lipinski definition) is 1. The Morgan fingerprint density at radius 1 is 1.40 bits per heavy atom. The zero-order valence-electron chi connectivity index (χ0n) is 5.28. The zero-order chi connectivity index (χ0) is 6.97. The van der Waals surface area contributed by atoms with E-state index in [4.69, 9.17) is 5.21 Å². The van der Waals surface area contributed by atoms with Crippen molar-refractivity contribution < 1.29 is 5.21 Å². The smallest absolute Gasteiger partial charge is 0.0871 e. The van der Waals surface area contributed by atoms with Crippen molar-refractivity contribution in [2.75, 3.05) is 0 Å². The summed E-state index contributed by atoms with van der Waals surface area (Å²) in [7, 11) is 0. The molecular formula is C8H6NO. The third kappa shape index (κ3) is 0.589. The molecule has 1 heterocycles. The second-order valence-electron chi connectivity index (χ2n) is 2.13. The normalized spacial score (nSPS) is 10.4. The lowest BCUT2D eigenvalue weighted by molar-refractivity contribution is 0.200. The Morgan fingerprint density at radius 2 is 2.30 bits per heavy atom. The molecule has 1 radical (unpaired) electrons. The highest BCUT2D eigenvalue weighted by atomic mass is 16.5. The average molecular weight is 132 g/mol. The number of rotatable bonds is 0. The van der Waals surface area contributed by atoms with Crippen molar-refractivity contribution in [3.05, 3.63) is 36.5 Å². The minimum absolute atomic E-state index is 0.794. The quantitative estimate of drug-likeness (QED) is 0.542. The van der Waals surface area contributed by atoms with E-state index < -0.39 is 0 Å². The summed E-state index contributed by atoms with van der Waals surface area (Å²) in [6.45, 7) is 0. The first-order valence-corrected chi connectivity index (χ1v) is 3.05. The summed E-state index contributed by atoms with van der Waals surface area (Å²) in [6.07, 6.45) is 1.60. The van der Waals surface area contributed by atoms with Gasteiger partial charge in [-0.25, -0.2) is 0 Å². The van der Waals surface area contributed by atoms with E-state index in [2.05, 4.69) is 6.07 Å². The Morgan fingerprint density at radius 3 is 3.10 bits per heavy atom. The van der Waals surface area contributed by atoms with Crippen molar-refractivity contribution in [1.29, 1.82) is 0 Å². The first kappa shape index (κ1) is 5.35. The van der Waals surface area contributed by atoms with Gasteiger partial charge in [0.1, 0.15) is 0 Å². The Labute approximate surface area is 58.3 Å². The summed E-state index contributed by atoms with van der Waals surface area (Å²) in [5, 5.41) is 10.0. The fraction of sp³-hybridized carbons (Fsp3) is 0. The molecule has 0 aliphatic heterocycles. The lowest BCUT2D eigenvalue weighted by Crippen LogP contribution is -1.83. The lowest BCUT2D eigenvalue weighted by Gasteiger charge is -1.90. The number of benzene rings is 1. The average Bonchev–Trinajstić information content (AvgIpc) is 2.34. The topological polar surface area (TPSA) is 25.2 Å². The van der Waals surface area contributed by atoms with Crippen LogP contribution in [0.4, 0.5) is 0 Å². The molecule has 1 N–H and O–H groups in total. The van der Waals surface area contributed by atoms with E-state index in [1.54, 1.807) is 6.20 Å². The van der Waals surface area contributed by atoms with Crippen LogP contribution in [0, 0.1) is 6.07 Å². The van der Waals surface area contributed by atoms with Crippen molar-refractivity contribution in [2.45, 2.75) is 0 Å². The summed E-state index contributed by atoms with van der Waals surface area (Å²) in [5.74, 6) is 0. The van der Waals surface area contributed by atoms with Gasteiger partial charge in [-0.15, -0.1) is 0 Å². The first-order chi connectivity index (χ1) is 4.88. The van der Waals surface area contributed by atoms with Crippen LogP contribution in [-0.4, -0.2) is 9.94 Å². The maximum Gasteiger partial charge on any atom is 0.0871 e. The fourth-order valence-electron chi connectivity index (χ4n) is 1.000. The minimum atomic E-state index is 0.794. The maximum atomic E-state index is 9.11. The molecule has 0 saturated carbocycles. The van der Waals surface area contributed by atoms with Gasteiger partial charge in [-0.05, 0) is 18.2 Å². The fourth-order valence-corrected chi connectivity index (χ4v) is 1.000. The van der Waals surface area contributed by atoms with Gasteiger partial charge in [-0.1, -0.05) is 12.1 Å². The van der Waals surface area contributed by atoms with Crippen LogP contribution in [0.25, 0.3) is 10.9 Å². The van der Waals surface area contributed by atoms with Gasteiger partial charge in [0.05, 0.1) is 5.52 Å². The third-order valence-electron chi connectivity index (χ3n) is 1.49. The minimum Gasteiger partial charge on any atom is -0.428 e. The van der Waals surface area contributed by atoms with E-state index in [-0.39, 0.29) is 0 Å². The van der Waals surface area contributed by atoms with Crippen molar-refractivity contribution in [3.8, 4) is 0 Å². The highest BCUT2D eigenvalue weighted by molar-refractivity contribution is 5.78. The van der Waals surface area contributed by atoms with E-state index in [1.165, 1.54) is 0 Å². The molecule has 0 aliphatic carbocycles. The molecule has 0 atom stereocenters. The molecule has 10 heavy (non-hydrogen) atoms. The van der Waals surface area contributed by atoms with E-state index in [9.17, 15) is 0 Å². The van der Waals surface area contributed by atoms with E-state index >= 15 is 0 Å². The standard InChI is InChI=1S/C8H6NO/c10-9-6-5-7-3-1-2-4-8(7)9/h1-2,4-6,10H. The van der Waals surface area contributed by atoms with E-state index in [0.717, 1.165) is 15.6 Å². The molecular weight excluding hydrogens is 126 g/mol. The SMILES string of the molecule is On1ccc2[c]cccc21. The van der Waals surface area contributed by atoms with Crippen LogP contribution in [-0.2, 0) is 0 Å². The summed E-state index contributed by atoms with van der Waals surface area (Å²) in [6, 6.07) is 10.3. The maximum absolute atomic E-state index is 9.11. The molecule has 2 nitrogen and oxygen atoms in total. The van der Waals surface area contributed by atoms with Crippen LogP contribution < -0.4 is 0 Å². The molecule has 0 fully saturated rings. The van der Waals surface area contributed by atoms with Gasteiger partial charge in [-0.3, -0.25) is 0 Å². The largest absolute Gasteiger partial charge is 0.428 e. The highest BCUT2D eigenvalue weighted by Crippen LogP contribution is 2.11. The van der Waals surface area contributed by atoms with Crippen molar-refractivity contribution in [3.63, 3.8) is 0 Å². The van der Waals surface area contributed by atoms with Gasteiger partial charge in [0.15, 0.2) is 0 Å². The van der Waals surface area contributed by atoms with Gasteiger partial charge < -0.3 is 5.21 Å². The highest BCUT2D eigenvalue weighted by Gasteiger charge is 1.94. The molecule has 49 valence electrons. The van der Waals surface area contributed by atoms with Crippen LogP contribution in [0.1, 0.15) is 0 Å². The van der Waals surface area contributed by atoms with Crippen molar-refractivity contribution >= 4 is 10.9 Å². The predicted molar refractivity (Wildman–Crippen MR) is 38.0 cm³/mol. The van der Waals surface area contributed by atoms with Gasteiger partial charge in [0.25, 0.3) is 0 Å². The van der Waals surface area contributed by atoms with Crippen molar-refractivity contribution in [1.82, 2.24) is 4.73 Å². The predicted octanol–water partition coefficient (Wildman–Crippen LogP) is 1.68. The molecule has 0 spiro atoms. The number of aromatic nitrogens is 1. The van der Waals surface area contributed by atoms with Crippen molar-refractivity contribution in [2.24, 2.45) is 0 Å². The Hall–Kier alpha value is -1.44. The van der Waals surface area contributed by atoms with Gasteiger partial charge >= 0.3 is 0 Å². The summed E-state index contributed by atoms with van der Waals surface area (Å²) in [4.78, 5) is 0. The summed E-state index contributed by atoms with van der Waals surface area (Å²) in [5.41, 5.74) is 0.794.